The summed E-state index contributed by atoms with van der Waals surface area (Å²) in [4.78, 5) is 32.6. The molecule has 0 spiro atoms. The first kappa shape index (κ1) is 17.5. The van der Waals surface area contributed by atoms with Gasteiger partial charge in [0.25, 0.3) is 17.5 Å². The van der Waals surface area contributed by atoms with Gasteiger partial charge in [-0.3, -0.25) is 4.79 Å². The average Bonchev–Trinajstić information content (AvgIpc) is 3.05. The minimum absolute atomic E-state index is 0.131. The van der Waals surface area contributed by atoms with Crippen molar-refractivity contribution in [1.82, 2.24) is 24.9 Å². The predicted octanol–water partition coefficient (Wildman–Crippen LogP) is 1.60. The van der Waals surface area contributed by atoms with Gasteiger partial charge in [0.15, 0.2) is 6.10 Å². The Labute approximate surface area is 150 Å². The molecule has 0 aliphatic carbocycles. The fraction of sp³-hybridized carbons (Fsp3) is 0.278. The normalized spacial score (nSPS) is 12.0. The molecule has 0 fully saturated rings. The number of ether oxygens (including phenoxy) is 1. The van der Waals surface area contributed by atoms with Crippen molar-refractivity contribution in [3.63, 3.8) is 0 Å². The lowest BCUT2D eigenvalue weighted by Gasteiger charge is -2.12. The Bertz CT molecular complexity index is 952. The summed E-state index contributed by atoms with van der Waals surface area (Å²) in [6.07, 6.45) is -0.964. The number of aryl methyl sites for hydroxylation is 2. The van der Waals surface area contributed by atoms with Crippen LogP contribution in [0.25, 0.3) is 5.78 Å². The summed E-state index contributed by atoms with van der Waals surface area (Å²) in [7, 11) is 0. The molecule has 0 radical (unpaired) electrons. The van der Waals surface area contributed by atoms with Crippen LogP contribution in [-0.4, -0.2) is 37.6 Å². The van der Waals surface area contributed by atoms with E-state index in [-0.39, 0.29) is 5.82 Å². The second kappa shape index (κ2) is 7.30. The van der Waals surface area contributed by atoms with Crippen LogP contribution in [-0.2, 0) is 16.1 Å². The highest BCUT2D eigenvalue weighted by atomic mass is 16.5. The van der Waals surface area contributed by atoms with Gasteiger partial charge in [-0.15, -0.1) is 5.10 Å². The van der Waals surface area contributed by atoms with Crippen LogP contribution < -0.4 is 5.32 Å². The van der Waals surface area contributed by atoms with E-state index in [9.17, 15) is 9.59 Å². The summed E-state index contributed by atoms with van der Waals surface area (Å²) in [5, 5.41) is 6.82. The van der Waals surface area contributed by atoms with Gasteiger partial charge in [0.05, 0.1) is 0 Å². The van der Waals surface area contributed by atoms with E-state index in [1.807, 2.05) is 50.2 Å². The minimum Gasteiger partial charge on any atom is -0.447 e. The first-order valence-corrected chi connectivity index (χ1v) is 8.17. The molecular weight excluding hydrogens is 334 g/mol. The third-order valence-corrected chi connectivity index (χ3v) is 3.76. The third-order valence-electron chi connectivity index (χ3n) is 3.76. The maximum atomic E-state index is 12.2. The maximum absolute atomic E-state index is 12.2. The highest BCUT2D eigenvalue weighted by Crippen LogP contribution is 2.07. The van der Waals surface area contributed by atoms with Gasteiger partial charge in [0.2, 0.25) is 0 Å². The Kier molecular flexibility index (Phi) is 4.92. The highest BCUT2D eigenvalue weighted by molar-refractivity contribution is 5.89. The number of rotatable bonds is 5. The molecule has 3 aromatic rings. The molecule has 0 saturated heterocycles. The molecule has 0 saturated carbocycles. The molecule has 0 aliphatic heterocycles. The van der Waals surface area contributed by atoms with Crippen LogP contribution in [0.1, 0.15) is 34.5 Å². The second-order valence-electron chi connectivity index (χ2n) is 5.94. The van der Waals surface area contributed by atoms with Crippen molar-refractivity contribution in [1.29, 1.82) is 0 Å². The number of hydrogen-bond donors (Lipinski definition) is 1. The number of nitrogens with one attached hydrogen (secondary N) is 1. The van der Waals surface area contributed by atoms with Crippen LogP contribution in [0.15, 0.2) is 36.4 Å². The van der Waals surface area contributed by atoms with Crippen LogP contribution in [0.5, 0.6) is 0 Å². The zero-order valence-corrected chi connectivity index (χ0v) is 14.8. The van der Waals surface area contributed by atoms with Crippen molar-refractivity contribution in [3.05, 3.63) is 59.2 Å². The van der Waals surface area contributed by atoms with Gasteiger partial charge in [-0.25, -0.2) is 14.3 Å². The maximum Gasteiger partial charge on any atom is 0.379 e. The molecule has 2 heterocycles. The number of benzene rings is 1. The van der Waals surface area contributed by atoms with Crippen molar-refractivity contribution in [3.8, 4) is 0 Å². The van der Waals surface area contributed by atoms with Crippen molar-refractivity contribution in [2.24, 2.45) is 0 Å². The Morgan fingerprint density at radius 3 is 2.65 bits per heavy atom. The molecular formula is C18H19N5O3. The summed E-state index contributed by atoms with van der Waals surface area (Å²) in [6.45, 7) is 5.53. The van der Waals surface area contributed by atoms with E-state index in [1.165, 1.54) is 11.4 Å². The number of amides is 1. The molecule has 1 aromatic carbocycles. The number of aromatic nitrogens is 4. The molecule has 3 rings (SSSR count). The van der Waals surface area contributed by atoms with E-state index in [2.05, 4.69) is 20.4 Å². The monoisotopic (exact) mass is 353 g/mol. The fourth-order valence-electron chi connectivity index (χ4n) is 2.45. The van der Waals surface area contributed by atoms with E-state index < -0.39 is 18.0 Å². The van der Waals surface area contributed by atoms with Crippen molar-refractivity contribution < 1.29 is 14.3 Å². The molecule has 1 N–H and O–H groups in total. The molecule has 2 aromatic heterocycles. The number of nitrogens with zero attached hydrogens (tertiary/aromatic N) is 4. The molecule has 1 amide bonds. The Morgan fingerprint density at radius 2 is 1.92 bits per heavy atom. The number of esters is 1. The SMILES string of the molecule is Cc1cc(C)n2nc(C(=O)O[C@@H](C)C(=O)NCc3ccccc3)nc2n1. The summed E-state index contributed by atoms with van der Waals surface area (Å²) < 4.78 is 6.63. The van der Waals surface area contributed by atoms with Gasteiger partial charge in [-0.1, -0.05) is 30.3 Å². The number of fused-ring (bicyclic) bond motifs is 1. The van der Waals surface area contributed by atoms with Crippen molar-refractivity contribution in [2.45, 2.75) is 33.4 Å². The van der Waals surface area contributed by atoms with E-state index in [0.717, 1.165) is 17.0 Å². The minimum atomic E-state index is -0.964. The van der Waals surface area contributed by atoms with Gasteiger partial charge in [-0.05, 0) is 32.4 Å². The van der Waals surface area contributed by atoms with Gasteiger partial charge in [-0.2, -0.15) is 4.98 Å². The lowest BCUT2D eigenvalue weighted by Crippen LogP contribution is -2.35. The highest BCUT2D eigenvalue weighted by Gasteiger charge is 2.22. The first-order chi connectivity index (χ1) is 12.4. The number of carbonyl (C=O) groups is 2. The summed E-state index contributed by atoms with van der Waals surface area (Å²) in [5.74, 6) is -0.976. The van der Waals surface area contributed by atoms with Gasteiger partial charge < -0.3 is 10.1 Å². The van der Waals surface area contributed by atoms with Crippen molar-refractivity contribution in [2.75, 3.05) is 0 Å². The average molecular weight is 353 g/mol. The van der Waals surface area contributed by atoms with Crippen LogP contribution in [0.3, 0.4) is 0 Å². The Morgan fingerprint density at radius 1 is 1.19 bits per heavy atom. The standard InChI is InChI=1S/C18H19N5O3/c1-11-9-12(2)23-18(20-11)21-15(22-23)17(25)26-13(3)16(24)19-10-14-7-5-4-6-8-14/h4-9,13H,10H2,1-3H3,(H,19,24)/t13-/m0/s1. The summed E-state index contributed by atoms with van der Waals surface area (Å²) >= 11 is 0. The van der Waals surface area contributed by atoms with Crippen LogP contribution in [0, 0.1) is 13.8 Å². The lowest BCUT2D eigenvalue weighted by atomic mass is 10.2. The topological polar surface area (TPSA) is 98.5 Å². The van der Waals surface area contributed by atoms with E-state index >= 15 is 0 Å². The zero-order valence-electron chi connectivity index (χ0n) is 14.8. The third kappa shape index (κ3) is 3.85. The quantitative estimate of drug-likeness (QED) is 0.700. The molecule has 134 valence electrons. The summed E-state index contributed by atoms with van der Waals surface area (Å²) in [6, 6.07) is 11.3. The fourth-order valence-corrected chi connectivity index (χ4v) is 2.45. The molecule has 0 aliphatic rings. The summed E-state index contributed by atoms with van der Waals surface area (Å²) in [5.41, 5.74) is 2.53. The zero-order chi connectivity index (χ0) is 18.7. The van der Waals surface area contributed by atoms with Gasteiger partial charge >= 0.3 is 5.97 Å². The van der Waals surface area contributed by atoms with Crippen molar-refractivity contribution >= 4 is 17.7 Å². The molecule has 0 bridgehead atoms. The molecule has 8 nitrogen and oxygen atoms in total. The van der Waals surface area contributed by atoms with Gasteiger partial charge in [0, 0.05) is 17.9 Å². The van der Waals surface area contributed by atoms with E-state index in [1.54, 1.807) is 0 Å². The van der Waals surface area contributed by atoms with Crippen LogP contribution in [0.4, 0.5) is 0 Å². The molecule has 0 unspecified atom stereocenters. The van der Waals surface area contributed by atoms with Crippen LogP contribution in [0.2, 0.25) is 0 Å². The van der Waals surface area contributed by atoms with E-state index in [0.29, 0.717) is 12.3 Å². The first-order valence-electron chi connectivity index (χ1n) is 8.17. The molecule has 8 heteroatoms. The second-order valence-corrected chi connectivity index (χ2v) is 5.94. The van der Waals surface area contributed by atoms with Crippen LogP contribution >= 0.6 is 0 Å². The number of carbonyl (C=O) groups excluding carboxylic acids is 2. The number of hydrogen-bond acceptors (Lipinski definition) is 6. The lowest BCUT2D eigenvalue weighted by molar-refractivity contribution is -0.129. The smallest absolute Gasteiger partial charge is 0.379 e. The predicted molar refractivity (Wildman–Crippen MR) is 93.4 cm³/mol. The Balaban J connectivity index is 1.63. The molecule has 1 atom stereocenters. The van der Waals surface area contributed by atoms with Gasteiger partial charge in [0.1, 0.15) is 0 Å². The largest absolute Gasteiger partial charge is 0.447 e. The Hall–Kier alpha value is -3.29. The van der Waals surface area contributed by atoms with E-state index in [4.69, 9.17) is 4.74 Å². The molecule has 26 heavy (non-hydrogen) atoms.